The predicted molar refractivity (Wildman–Crippen MR) is 96.6 cm³/mol. The molecule has 26 heavy (non-hydrogen) atoms. The van der Waals surface area contributed by atoms with Crippen molar-refractivity contribution < 1.29 is 12.6 Å². The average Bonchev–Trinajstić information content (AvgIpc) is 2.63. The smallest absolute Gasteiger partial charge is 0.346 e. The molecule has 0 aliphatic rings. The Morgan fingerprint density at radius 2 is 1.50 bits per heavy atom. The molecule has 2 aromatic carbocycles. The summed E-state index contributed by atoms with van der Waals surface area (Å²) >= 11 is 0. The van der Waals surface area contributed by atoms with Gasteiger partial charge in [0.1, 0.15) is 0 Å². The van der Waals surface area contributed by atoms with Crippen molar-refractivity contribution in [1.82, 2.24) is 9.13 Å². The van der Waals surface area contributed by atoms with E-state index in [0.717, 1.165) is 20.9 Å². The zero-order valence-corrected chi connectivity index (χ0v) is 14.9. The van der Waals surface area contributed by atoms with Crippen molar-refractivity contribution >= 4 is 10.1 Å². The van der Waals surface area contributed by atoms with E-state index in [4.69, 9.17) is 4.18 Å². The zero-order valence-electron chi connectivity index (χ0n) is 14.1. The molecule has 0 saturated carbocycles. The number of nitrogens with zero attached hydrogens (tertiary/aromatic N) is 2. The zero-order chi connectivity index (χ0) is 18.9. The molecule has 1 heterocycles. The number of aromatic nitrogens is 2. The van der Waals surface area contributed by atoms with Gasteiger partial charge in [-0.3, -0.25) is 9.36 Å². The molecule has 0 bridgehead atoms. The summed E-state index contributed by atoms with van der Waals surface area (Å²) in [5, 5.41) is 0. The molecular weight excluding hydrogens is 356 g/mol. The van der Waals surface area contributed by atoms with Crippen LogP contribution >= 0.6 is 0 Å². The molecule has 0 N–H and O–H groups in total. The Kier molecular flexibility index (Phi) is 4.52. The Morgan fingerprint density at radius 1 is 0.885 bits per heavy atom. The van der Waals surface area contributed by atoms with Crippen LogP contribution in [-0.4, -0.2) is 17.6 Å². The summed E-state index contributed by atoms with van der Waals surface area (Å²) in [4.78, 5) is 23.4. The first kappa shape index (κ1) is 17.7. The van der Waals surface area contributed by atoms with Gasteiger partial charge in [-0.1, -0.05) is 48.5 Å². The summed E-state index contributed by atoms with van der Waals surface area (Å²) in [6.45, 7) is 0. The first-order chi connectivity index (χ1) is 12.3. The van der Waals surface area contributed by atoms with E-state index in [1.165, 1.54) is 20.2 Å². The number of hydrogen-bond donors (Lipinski definition) is 0. The standard InChI is InChI=1S/C18H16N2O5S/c1-19-12-16(17(21)20(2)18(19)22)26(23,24)25-15-11-7-6-10-14(15)13-8-4-3-5-9-13/h3-12H,1-2H3. The number of aryl methyl sites for hydroxylation is 1. The molecule has 0 unspecified atom stereocenters. The van der Waals surface area contributed by atoms with Gasteiger partial charge in [-0.2, -0.15) is 8.42 Å². The fourth-order valence-electron chi connectivity index (χ4n) is 2.51. The largest absolute Gasteiger partial charge is 0.378 e. The van der Waals surface area contributed by atoms with Crippen LogP contribution in [0.4, 0.5) is 0 Å². The second-order valence-electron chi connectivity index (χ2n) is 5.65. The maximum Gasteiger partial charge on any atom is 0.346 e. The lowest BCUT2D eigenvalue weighted by atomic mass is 10.1. The lowest BCUT2D eigenvalue weighted by Gasteiger charge is -2.12. The van der Waals surface area contributed by atoms with E-state index in [1.807, 2.05) is 30.3 Å². The van der Waals surface area contributed by atoms with E-state index in [1.54, 1.807) is 18.2 Å². The monoisotopic (exact) mass is 372 g/mol. The molecule has 0 atom stereocenters. The quantitative estimate of drug-likeness (QED) is 0.648. The molecule has 0 aliphatic carbocycles. The van der Waals surface area contributed by atoms with Gasteiger partial charge in [-0.05, 0) is 11.6 Å². The highest BCUT2D eigenvalue weighted by molar-refractivity contribution is 7.87. The van der Waals surface area contributed by atoms with Gasteiger partial charge in [0.15, 0.2) is 10.6 Å². The van der Waals surface area contributed by atoms with Crippen molar-refractivity contribution in [2.45, 2.75) is 4.90 Å². The van der Waals surface area contributed by atoms with Crippen molar-refractivity contribution in [3.05, 3.63) is 81.6 Å². The SMILES string of the molecule is Cn1cc(S(=O)(=O)Oc2ccccc2-c2ccccc2)c(=O)n(C)c1=O. The maximum atomic E-state index is 12.7. The first-order valence-corrected chi connectivity index (χ1v) is 9.07. The third-order valence-corrected chi connectivity index (χ3v) is 5.07. The lowest BCUT2D eigenvalue weighted by molar-refractivity contribution is 0.481. The minimum Gasteiger partial charge on any atom is -0.378 e. The molecule has 8 heteroatoms. The van der Waals surface area contributed by atoms with Crippen LogP contribution in [0.15, 0.2) is 75.3 Å². The van der Waals surface area contributed by atoms with Crippen molar-refractivity contribution in [3.8, 4) is 16.9 Å². The topological polar surface area (TPSA) is 87.4 Å². The van der Waals surface area contributed by atoms with Gasteiger partial charge in [0.25, 0.3) is 5.56 Å². The van der Waals surface area contributed by atoms with Crippen molar-refractivity contribution in [1.29, 1.82) is 0 Å². The van der Waals surface area contributed by atoms with Gasteiger partial charge in [0.05, 0.1) is 0 Å². The Morgan fingerprint density at radius 3 is 2.19 bits per heavy atom. The summed E-state index contributed by atoms with van der Waals surface area (Å²) in [7, 11) is -1.86. The third kappa shape index (κ3) is 3.18. The summed E-state index contributed by atoms with van der Waals surface area (Å²) < 4.78 is 32.3. The second kappa shape index (κ2) is 6.64. The number of rotatable bonds is 4. The summed E-state index contributed by atoms with van der Waals surface area (Å²) in [5.74, 6) is 0.0922. The number of hydrogen-bond acceptors (Lipinski definition) is 5. The molecule has 0 fully saturated rings. The molecule has 3 rings (SSSR count). The Labute approximate surface area is 149 Å². The van der Waals surface area contributed by atoms with Gasteiger partial charge in [-0.15, -0.1) is 0 Å². The van der Waals surface area contributed by atoms with Gasteiger partial charge in [0.2, 0.25) is 0 Å². The van der Waals surface area contributed by atoms with E-state index in [2.05, 4.69) is 0 Å². The normalized spacial score (nSPS) is 11.3. The van der Waals surface area contributed by atoms with Crippen molar-refractivity contribution in [2.24, 2.45) is 14.1 Å². The molecule has 0 spiro atoms. The molecule has 0 radical (unpaired) electrons. The van der Waals surface area contributed by atoms with Crippen LogP contribution in [0.2, 0.25) is 0 Å². The Hall–Kier alpha value is -3.13. The van der Waals surface area contributed by atoms with Crippen LogP contribution in [0.3, 0.4) is 0 Å². The maximum absolute atomic E-state index is 12.7. The van der Waals surface area contributed by atoms with E-state index in [-0.39, 0.29) is 5.75 Å². The third-order valence-electron chi connectivity index (χ3n) is 3.86. The van der Waals surface area contributed by atoms with E-state index < -0.39 is 26.3 Å². The molecule has 0 aliphatic heterocycles. The van der Waals surface area contributed by atoms with Crippen LogP contribution in [0.5, 0.6) is 5.75 Å². The summed E-state index contributed by atoms with van der Waals surface area (Å²) in [5.41, 5.74) is -0.228. The van der Waals surface area contributed by atoms with Crippen LogP contribution in [0.25, 0.3) is 11.1 Å². The average molecular weight is 372 g/mol. The second-order valence-corrected chi connectivity index (χ2v) is 7.17. The number of para-hydroxylation sites is 1. The molecule has 134 valence electrons. The van der Waals surface area contributed by atoms with Gasteiger partial charge in [0, 0.05) is 25.9 Å². The lowest BCUT2D eigenvalue weighted by Crippen LogP contribution is -2.39. The van der Waals surface area contributed by atoms with Crippen LogP contribution in [-0.2, 0) is 24.2 Å². The summed E-state index contributed by atoms with van der Waals surface area (Å²) in [6.07, 6.45) is 0.963. The van der Waals surface area contributed by atoms with Gasteiger partial charge < -0.3 is 8.75 Å². The highest BCUT2D eigenvalue weighted by Crippen LogP contribution is 2.31. The van der Waals surface area contributed by atoms with Crippen LogP contribution in [0, 0.1) is 0 Å². The van der Waals surface area contributed by atoms with Crippen LogP contribution < -0.4 is 15.4 Å². The fraction of sp³-hybridized carbons (Fsp3) is 0.111. The van der Waals surface area contributed by atoms with Gasteiger partial charge in [-0.25, -0.2) is 4.79 Å². The Balaban J connectivity index is 2.11. The minimum absolute atomic E-state index is 0.0922. The Bertz CT molecular complexity index is 1180. The highest BCUT2D eigenvalue weighted by Gasteiger charge is 2.25. The van der Waals surface area contributed by atoms with Crippen LogP contribution in [0.1, 0.15) is 0 Å². The van der Waals surface area contributed by atoms with Gasteiger partial charge >= 0.3 is 15.8 Å². The molecule has 3 aromatic rings. The predicted octanol–water partition coefficient (Wildman–Crippen LogP) is 1.52. The molecule has 1 aromatic heterocycles. The first-order valence-electron chi connectivity index (χ1n) is 7.67. The molecule has 0 saturated heterocycles. The molecular formula is C18H16N2O5S. The highest BCUT2D eigenvalue weighted by atomic mass is 32.2. The van der Waals surface area contributed by atoms with Crippen molar-refractivity contribution in [3.63, 3.8) is 0 Å². The summed E-state index contributed by atoms with van der Waals surface area (Å²) in [6, 6.07) is 15.7. The molecule has 0 amide bonds. The van der Waals surface area contributed by atoms with E-state index >= 15 is 0 Å². The minimum atomic E-state index is -4.43. The molecule has 7 nitrogen and oxygen atoms in total. The number of benzene rings is 2. The van der Waals surface area contributed by atoms with E-state index in [9.17, 15) is 18.0 Å². The van der Waals surface area contributed by atoms with E-state index in [0.29, 0.717) is 5.56 Å². The van der Waals surface area contributed by atoms with Crippen molar-refractivity contribution in [2.75, 3.05) is 0 Å². The fourth-order valence-corrected chi connectivity index (χ4v) is 3.61.